The zero-order chi connectivity index (χ0) is 24.1. The van der Waals surface area contributed by atoms with Gasteiger partial charge in [0.25, 0.3) is 11.8 Å². The molecule has 0 saturated carbocycles. The molecule has 0 aliphatic carbocycles. The molecule has 1 aromatic heterocycles. The summed E-state index contributed by atoms with van der Waals surface area (Å²) in [6.45, 7) is 3.50. The number of nitrogens with one attached hydrogen (secondary N) is 2. The molecule has 10 heteroatoms. The third kappa shape index (κ3) is 5.52. The maximum absolute atomic E-state index is 14.8. The van der Waals surface area contributed by atoms with Gasteiger partial charge >= 0.3 is 0 Å². The second kappa shape index (κ2) is 10.3. The number of H-pyrrole nitrogens is 1. The number of anilines is 1. The second-order valence-electron chi connectivity index (χ2n) is 7.88. The standard InChI is InChI=1S/C24H25FN4O5/c1-15(14-32-2)33-18-10-17(23(30)27-22-6-7-26-28-22)11-19(13-18)34-21-5-4-16(12-20(21)25)24(31)29-8-3-9-29/h4-7,10-13,15H,3,8-9,14H2,1-2H3,(H2,26,27,28,30)/t15-/m0/s1. The molecule has 2 N–H and O–H groups in total. The SMILES string of the molecule is COC[C@H](C)Oc1cc(Oc2ccc(C(=O)N3CCC3)cc2F)cc(C(=O)Nc2cc[nH]n2)c1. The van der Waals surface area contributed by atoms with Crippen LogP contribution in [0.2, 0.25) is 0 Å². The average molecular weight is 468 g/mol. The molecule has 1 aliphatic rings. The van der Waals surface area contributed by atoms with Crippen LogP contribution in [0.25, 0.3) is 0 Å². The molecule has 0 radical (unpaired) electrons. The summed E-state index contributed by atoms with van der Waals surface area (Å²) in [6, 6.07) is 10.2. The van der Waals surface area contributed by atoms with E-state index in [1.807, 2.05) is 6.92 Å². The van der Waals surface area contributed by atoms with Crippen molar-refractivity contribution in [1.82, 2.24) is 15.1 Å². The van der Waals surface area contributed by atoms with Gasteiger partial charge in [-0.05, 0) is 43.7 Å². The fourth-order valence-corrected chi connectivity index (χ4v) is 3.39. The van der Waals surface area contributed by atoms with Crippen molar-refractivity contribution in [2.45, 2.75) is 19.4 Å². The van der Waals surface area contributed by atoms with Gasteiger partial charge in [-0.2, -0.15) is 5.10 Å². The van der Waals surface area contributed by atoms with Crippen LogP contribution in [0.3, 0.4) is 0 Å². The van der Waals surface area contributed by atoms with Gasteiger partial charge < -0.3 is 24.4 Å². The van der Waals surface area contributed by atoms with E-state index in [-0.39, 0.29) is 34.6 Å². The Morgan fingerprint density at radius 2 is 1.94 bits per heavy atom. The number of benzene rings is 2. The van der Waals surface area contributed by atoms with Crippen LogP contribution < -0.4 is 14.8 Å². The van der Waals surface area contributed by atoms with E-state index in [1.165, 1.54) is 18.2 Å². The number of aromatic amines is 1. The van der Waals surface area contributed by atoms with Crippen LogP contribution in [0.5, 0.6) is 17.2 Å². The highest BCUT2D eigenvalue weighted by molar-refractivity contribution is 6.04. The van der Waals surface area contributed by atoms with Gasteiger partial charge in [0.2, 0.25) is 0 Å². The molecular weight excluding hydrogens is 443 g/mol. The summed E-state index contributed by atoms with van der Waals surface area (Å²) in [4.78, 5) is 26.7. The Hall–Kier alpha value is -3.92. The van der Waals surface area contributed by atoms with Crippen LogP contribution in [-0.4, -0.2) is 59.8 Å². The third-order valence-corrected chi connectivity index (χ3v) is 5.17. The number of hydrogen-bond acceptors (Lipinski definition) is 6. The lowest BCUT2D eigenvalue weighted by Crippen LogP contribution is -2.42. The summed E-state index contributed by atoms with van der Waals surface area (Å²) in [5.74, 6) is -0.544. The molecule has 0 unspecified atom stereocenters. The fraction of sp³-hybridized carbons (Fsp3) is 0.292. The van der Waals surface area contributed by atoms with E-state index in [9.17, 15) is 14.0 Å². The van der Waals surface area contributed by atoms with Gasteiger partial charge in [-0.3, -0.25) is 14.7 Å². The molecule has 1 aliphatic heterocycles. The number of likely N-dealkylation sites (tertiary alicyclic amines) is 1. The Labute approximate surface area is 195 Å². The monoisotopic (exact) mass is 468 g/mol. The number of carbonyl (C=O) groups is 2. The summed E-state index contributed by atoms with van der Waals surface area (Å²) in [6.07, 6.45) is 2.23. The minimum absolute atomic E-state index is 0.0825. The van der Waals surface area contributed by atoms with Crippen molar-refractivity contribution in [1.29, 1.82) is 0 Å². The molecule has 178 valence electrons. The molecule has 0 bridgehead atoms. The van der Waals surface area contributed by atoms with Crippen molar-refractivity contribution in [2.75, 3.05) is 32.1 Å². The average Bonchev–Trinajstić information content (AvgIpc) is 3.27. The lowest BCUT2D eigenvalue weighted by molar-refractivity contribution is 0.0651. The first-order valence-corrected chi connectivity index (χ1v) is 10.8. The van der Waals surface area contributed by atoms with Gasteiger partial charge in [0.1, 0.15) is 17.6 Å². The number of carbonyl (C=O) groups excluding carboxylic acids is 2. The third-order valence-electron chi connectivity index (χ3n) is 5.17. The van der Waals surface area contributed by atoms with Crippen molar-refractivity contribution in [3.8, 4) is 17.2 Å². The number of rotatable bonds is 9. The molecular formula is C24H25FN4O5. The van der Waals surface area contributed by atoms with E-state index < -0.39 is 11.7 Å². The van der Waals surface area contributed by atoms with Crippen LogP contribution >= 0.6 is 0 Å². The highest BCUT2D eigenvalue weighted by Gasteiger charge is 2.23. The van der Waals surface area contributed by atoms with Gasteiger partial charge in [0.05, 0.1) is 6.61 Å². The highest BCUT2D eigenvalue weighted by Crippen LogP contribution is 2.31. The van der Waals surface area contributed by atoms with Crippen LogP contribution in [0.4, 0.5) is 10.2 Å². The van der Waals surface area contributed by atoms with E-state index in [2.05, 4.69) is 15.5 Å². The van der Waals surface area contributed by atoms with Crippen LogP contribution in [0, 0.1) is 5.82 Å². The Morgan fingerprint density at radius 3 is 2.59 bits per heavy atom. The quantitative estimate of drug-likeness (QED) is 0.494. The van der Waals surface area contributed by atoms with Crippen molar-refractivity contribution in [3.05, 3.63) is 65.6 Å². The first kappa shape index (κ1) is 23.2. The van der Waals surface area contributed by atoms with Gasteiger partial charge in [-0.1, -0.05) is 0 Å². The van der Waals surface area contributed by atoms with Gasteiger partial charge in [0, 0.05) is 49.7 Å². The number of amides is 2. The predicted molar refractivity (Wildman–Crippen MR) is 122 cm³/mol. The molecule has 9 nitrogen and oxygen atoms in total. The fourth-order valence-electron chi connectivity index (χ4n) is 3.39. The lowest BCUT2D eigenvalue weighted by atomic mass is 10.1. The number of methoxy groups -OCH3 is 1. The molecule has 4 rings (SSSR count). The summed E-state index contributed by atoms with van der Waals surface area (Å²) in [5, 5.41) is 9.18. The Bertz CT molecular complexity index is 1160. The molecule has 1 atom stereocenters. The zero-order valence-electron chi connectivity index (χ0n) is 18.8. The topological polar surface area (TPSA) is 106 Å². The zero-order valence-corrected chi connectivity index (χ0v) is 18.8. The minimum Gasteiger partial charge on any atom is -0.488 e. The van der Waals surface area contributed by atoms with Gasteiger partial charge in [0.15, 0.2) is 17.4 Å². The minimum atomic E-state index is -0.687. The Morgan fingerprint density at radius 1 is 1.15 bits per heavy atom. The maximum atomic E-state index is 14.8. The molecule has 2 heterocycles. The normalized spacial score (nSPS) is 13.7. The molecule has 1 saturated heterocycles. The Balaban J connectivity index is 1.57. The van der Waals surface area contributed by atoms with E-state index in [0.717, 1.165) is 12.5 Å². The van der Waals surface area contributed by atoms with E-state index in [0.29, 0.717) is 31.3 Å². The highest BCUT2D eigenvalue weighted by atomic mass is 19.1. The molecule has 1 fully saturated rings. The number of halogens is 1. The van der Waals surface area contributed by atoms with Crippen LogP contribution in [0.1, 0.15) is 34.1 Å². The van der Waals surface area contributed by atoms with E-state index in [4.69, 9.17) is 14.2 Å². The van der Waals surface area contributed by atoms with E-state index >= 15 is 0 Å². The summed E-state index contributed by atoms with van der Waals surface area (Å²) < 4.78 is 31.4. The van der Waals surface area contributed by atoms with Crippen molar-refractivity contribution in [3.63, 3.8) is 0 Å². The largest absolute Gasteiger partial charge is 0.488 e. The lowest BCUT2D eigenvalue weighted by Gasteiger charge is -2.30. The van der Waals surface area contributed by atoms with Crippen molar-refractivity contribution >= 4 is 17.6 Å². The Kier molecular flexibility index (Phi) is 7.07. The molecule has 2 amide bonds. The van der Waals surface area contributed by atoms with Gasteiger partial charge in [-0.25, -0.2) is 4.39 Å². The number of aromatic nitrogens is 2. The smallest absolute Gasteiger partial charge is 0.257 e. The predicted octanol–water partition coefficient (Wildman–Crippen LogP) is 3.85. The van der Waals surface area contributed by atoms with Gasteiger partial charge in [-0.15, -0.1) is 0 Å². The molecule has 3 aromatic rings. The summed E-state index contributed by atoms with van der Waals surface area (Å²) >= 11 is 0. The first-order chi connectivity index (χ1) is 16.4. The van der Waals surface area contributed by atoms with Crippen LogP contribution in [-0.2, 0) is 4.74 Å². The van der Waals surface area contributed by atoms with E-state index in [1.54, 1.807) is 36.4 Å². The first-order valence-electron chi connectivity index (χ1n) is 10.8. The van der Waals surface area contributed by atoms with Crippen molar-refractivity contribution < 1.29 is 28.2 Å². The number of ether oxygens (including phenoxy) is 3. The maximum Gasteiger partial charge on any atom is 0.257 e. The van der Waals surface area contributed by atoms with Crippen LogP contribution in [0.15, 0.2) is 48.7 Å². The molecule has 2 aromatic carbocycles. The van der Waals surface area contributed by atoms with Crippen molar-refractivity contribution in [2.24, 2.45) is 0 Å². The molecule has 0 spiro atoms. The number of hydrogen-bond donors (Lipinski definition) is 2. The summed E-state index contributed by atoms with van der Waals surface area (Å²) in [5.41, 5.74) is 0.485. The summed E-state index contributed by atoms with van der Waals surface area (Å²) in [7, 11) is 1.56. The second-order valence-corrected chi connectivity index (χ2v) is 7.88. The number of nitrogens with zero attached hydrogens (tertiary/aromatic N) is 2. The molecule has 34 heavy (non-hydrogen) atoms.